The minimum atomic E-state index is -0.758. The molecule has 5 rings (SSSR count). The van der Waals surface area contributed by atoms with Gasteiger partial charge < -0.3 is 19.7 Å². The van der Waals surface area contributed by atoms with Crippen LogP contribution in [-0.2, 0) is 15.0 Å². The first-order chi connectivity index (χ1) is 17.0. The lowest BCUT2D eigenvalue weighted by Gasteiger charge is -2.11. The third-order valence-corrected chi connectivity index (χ3v) is 6.32. The average molecular weight is 469 g/mol. The Balaban J connectivity index is 1.29. The number of amides is 1. The Morgan fingerprint density at radius 2 is 1.54 bits per heavy atom. The average Bonchev–Trinajstić information content (AvgIpc) is 3.63. The first-order valence-electron chi connectivity index (χ1n) is 11.3. The Bertz CT molecular complexity index is 1350. The highest BCUT2D eigenvalue weighted by molar-refractivity contribution is 5.96. The van der Waals surface area contributed by atoms with Gasteiger partial charge in [0, 0.05) is 5.56 Å². The van der Waals surface area contributed by atoms with Crippen molar-refractivity contribution in [1.82, 2.24) is 5.16 Å². The predicted molar refractivity (Wildman–Crippen MR) is 131 cm³/mol. The summed E-state index contributed by atoms with van der Waals surface area (Å²) in [5, 5.41) is 16.4. The summed E-state index contributed by atoms with van der Waals surface area (Å²) < 4.78 is 11.0. The Kier molecular flexibility index (Phi) is 5.82. The van der Waals surface area contributed by atoms with E-state index in [2.05, 4.69) is 10.5 Å². The predicted octanol–water partition coefficient (Wildman–Crippen LogP) is 5.45. The number of hydrogen-bond acceptors (Lipinski definition) is 5. The number of hydrogen-bond donors (Lipinski definition) is 2. The van der Waals surface area contributed by atoms with Gasteiger partial charge in [-0.05, 0) is 48.6 Å². The number of carboxylic acids is 1. The van der Waals surface area contributed by atoms with Gasteiger partial charge in [-0.3, -0.25) is 9.59 Å². The number of carboxylic acid groups (broad SMARTS) is 1. The van der Waals surface area contributed by atoms with Crippen LogP contribution in [0.1, 0.15) is 24.1 Å². The molecule has 0 saturated heterocycles. The summed E-state index contributed by atoms with van der Waals surface area (Å²) in [6, 6.07) is 24.5. The van der Waals surface area contributed by atoms with Crippen molar-refractivity contribution < 1.29 is 24.0 Å². The summed E-state index contributed by atoms with van der Waals surface area (Å²) in [5.41, 5.74) is 3.96. The Morgan fingerprint density at radius 3 is 2.14 bits per heavy atom. The molecule has 0 aliphatic heterocycles. The van der Waals surface area contributed by atoms with Crippen LogP contribution in [0.5, 0.6) is 5.75 Å². The largest absolute Gasteiger partial charge is 0.484 e. The quantitative estimate of drug-likeness (QED) is 0.357. The molecule has 0 atom stereocenters. The smallest absolute Gasteiger partial charge is 0.314 e. The standard InChI is InChI=1S/C28H24N2O5/c1-18-25(29-24(31)17-34-23-5-3-2-4-6-23)26(35-30-18)21-9-7-19(8-10-21)20-11-13-22(14-12-20)28(15-16-28)27(32)33/h2-14H,15-17H2,1H3,(H,29,31)(H,32,33). The second kappa shape index (κ2) is 9.10. The van der Waals surface area contributed by atoms with Gasteiger partial charge in [-0.25, -0.2) is 0 Å². The molecule has 176 valence electrons. The van der Waals surface area contributed by atoms with Crippen LogP contribution < -0.4 is 10.1 Å². The number of aliphatic carboxylic acids is 1. The second-order valence-corrected chi connectivity index (χ2v) is 8.66. The molecule has 3 aromatic carbocycles. The summed E-state index contributed by atoms with van der Waals surface area (Å²) in [6.07, 6.45) is 1.37. The third-order valence-electron chi connectivity index (χ3n) is 6.32. The number of carbonyl (C=O) groups is 2. The molecule has 1 aromatic heterocycles. The van der Waals surface area contributed by atoms with Crippen LogP contribution in [0.4, 0.5) is 5.69 Å². The molecule has 0 unspecified atom stereocenters. The molecule has 7 heteroatoms. The number of anilines is 1. The fraction of sp³-hybridized carbons (Fsp3) is 0.179. The molecule has 1 fully saturated rings. The Labute approximate surface area is 202 Å². The zero-order chi connectivity index (χ0) is 24.4. The van der Waals surface area contributed by atoms with Crippen LogP contribution in [0, 0.1) is 6.92 Å². The molecule has 1 aliphatic rings. The van der Waals surface area contributed by atoms with Crippen LogP contribution in [0.25, 0.3) is 22.5 Å². The number of para-hydroxylation sites is 1. The van der Waals surface area contributed by atoms with Crippen LogP contribution in [0.3, 0.4) is 0 Å². The van der Waals surface area contributed by atoms with E-state index in [0.29, 0.717) is 35.7 Å². The van der Waals surface area contributed by atoms with E-state index in [4.69, 9.17) is 9.26 Å². The normalized spacial score (nSPS) is 13.7. The van der Waals surface area contributed by atoms with E-state index in [1.165, 1.54) is 0 Å². The second-order valence-electron chi connectivity index (χ2n) is 8.66. The highest BCUT2D eigenvalue weighted by Crippen LogP contribution is 2.48. The number of nitrogens with zero attached hydrogens (tertiary/aromatic N) is 1. The van der Waals surface area contributed by atoms with Gasteiger partial charge in [-0.1, -0.05) is 71.9 Å². The maximum Gasteiger partial charge on any atom is 0.314 e. The number of aromatic nitrogens is 1. The number of benzene rings is 3. The minimum absolute atomic E-state index is 0.133. The van der Waals surface area contributed by atoms with Gasteiger partial charge in [-0.2, -0.15) is 0 Å². The number of rotatable bonds is 8. The Hall–Kier alpha value is -4.39. The fourth-order valence-corrected chi connectivity index (χ4v) is 4.10. The maximum atomic E-state index is 12.5. The van der Waals surface area contributed by atoms with Gasteiger partial charge >= 0.3 is 5.97 Å². The van der Waals surface area contributed by atoms with E-state index in [-0.39, 0.29) is 12.5 Å². The molecule has 1 aliphatic carbocycles. The molecular weight excluding hydrogens is 444 g/mol. The molecular formula is C28H24N2O5. The molecule has 2 N–H and O–H groups in total. The van der Waals surface area contributed by atoms with Crippen molar-refractivity contribution in [3.05, 3.63) is 90.1 Å². The van der Waals surface area contributed by atoms with E-state index in [1.807, 2.05) is 66.7 Å². The topological polar surface area (TPSA) is 102 Å². The monoisotopic (exact) mass is 468 g/mol. The van der Waals surface area contributed by atoms with Crippen molar-refractivity contribution in [3.63, 3.8) is 0 Å². The number of ether oxygens (including phenoxy) is 1. The van der Waals surface area contributed by atoms with E-state index in [1.54, 1.807) is 19.1 Å². The van der Waals surface area contributed by atoms with Crippen LogP contribution in [-0.4, -0.2) is 28.7 Å². The molecule has 0 radical (unpaired) electrons. The van der Waals surface area contributed by atoms with Crippen LogP contribution in [0.2, 0.25) is 0 Å². The van der Waals surface area contributed by atoms with Crippen molar-refractivity contribution in [2.75, 3.05) is 11.9 Å². The molecule has 0 spiro atoms. The summed E-state index contributed by atoms with van der Waals surface area (Å²) in [7, 11) is 0. The summed E-state index contributed by atoms with van der Waals surface area (Å²) in [6.45, 7) is 1.63. The van der Waals surface area contributed by atoms with E-state index >= 15 is 0 Å². The molecule has 0 bridgehead atoms. The molecule has 4 aromatic rings. The van der Waals surface area contributed by atoms with Gasteiger partial charge in [0.05, 0.1) is 5.41 Å². The van der Waals surface area contributed by atoms with Crippen molar-refractivity contribution in [2.24, 2.45) is 0 Å². The zero-order valence-electron chi connectivity index (χ0n) is 19.2. The summed E-state index contributed by atoms with van der Waals surface area (Å²) in [5.74, 6) is 0.0118. The van der Waals surface area contributed by atoms with Gasteiger partial charge in [0.25, 0.3) is 5.91 Å². The number of nitrogens with one attached hydrogen (secondary N) is 1. The van der Waals surface area contributed by atoms with Crippen LogP contribution in [0.15, 0.2) is 83.4 Å². The number of carbonyl (C=O) groups excluding carboxylic acids is 1. The van der Waals surface area contributed by atoms with Gasteiger partial charge in [0.15, 0.2) is 12.4 Å². The van der Waals surface area contributed by atoms with Gasteiger partial charge in [0.1, 0.15) is 17.1 Å². The SMILES string of the molecule is Cc1noc(-c2ccc(-c3ccc(C4(C(=O)O)CC4)cc3)cc2)c1NC(=O)COc1ccccc1. The molecule has 1 saturated carbocycles. The van der Waals surface area contributed by atoms with E-state index in [0.717, 1.165) is 22.3 Å². The zero-order valence-corrected chi connectivity index (χ0v) is 19.2. The van der Waals surface area contributed by atoms with Gasteiger partial charge in [0.2, 0.25) is 0 Å². The summed E-state index contributed by atoms with van der Waals surface area (Å²) >= 11 is 0. The van der Waals surface area contributed by atoms with E-state index < -0.39 is 11.4 Å². The highest BCUT2D eigenvalue weighted by Gasteiger charge is 2.51. The maximum absolute atomic E-state index is 12.5. The first kappa shape index (κ1) is 22.4. The molecule has 1 amide bonds. The fourth-order valence-electron chi connectivity index (χ4n) is 4.10. The molecule has 1 heterocycles. The van der Waals surface area contributed by atoms with Crippen molar-refractivity contribution >= 4 is 17.6 Å². The lowest BCUT2D eigenvalue weighted by atomic mass is 9.93. The van der Waals surface area contributed by atoms with Crippen molar-refractivity contribution in [2.45, 2.75) is 25.2 Å². The minimum Gasteiger partial charge on any atom is -0.484 e. The van der Waals surface area contributed by atoms with Crippen molar-refractivity contribution in [3.8, 4) is 28.2 Å². The number of aryl methyl sites for hydroxylation is 1. The highest BCUT2D eigenvalue weighted by atomic mass is 16.5. The molecule has 35 heavy (non-hydrogen) atoms. The lowest BCUT2D eigenvalue weighted by Crippen LogP contribution is -2.20. The third kappa shape index (κ3) is 4.53. The Morgan fingerprint density at radius 1 is 0.943 bits per heavy atom. The lowest BCUT2D eigenvalue weighted by molar-refractivity contribution is -0.140. The van der Waals surface area contributed by atoms with E-state index in [9.17, 15) is 14.7 Å². The van der Waals surface area contributed by atoms with Crippen LogP contribution >= 0.6 is 0 Å². The first-order valence-corrected chi connectivity index (χ1v) is 11.3. The van der Waals surface area contributed by atoms with Crippen molar-refractivity contribution in [1.29, 1.82) is 0 Å². The molecule has 7 nitrogen and oxygen atoms in total. The summed E-state index contributed by atoms with van der Waals surface area (Å²) in [4.78, 5) is 24.0. The van der Waals surface area contributed by atoms with Gasteiger partial charge in [-0.15, -0.1) is 0 Å².